The summed E-state index contributed by atoms with van der Waals surface area (Å²) in [5.74, 6) is 0.206. The van der Waals surface area contributed by atoms with E-state index in [9.17, 15) is 4.79 Å². The third-order valence-corrected chi connectivity index (χ3v) is 6.75. The van der Waals surface area contributed by atoms with Gasteiger partial charge in [-0.3, -0.25) is 9.69 Å². The number of hydrogen-bond donors (Lipinski definition) is 1. The highest BCUT2D eigenvalue weighted by atomic mass is 35.5. The second-order valence-corrected chi connectivity index (χ2v) is 10.2. The Bertz CT molecular complexity index is 845. The van der Waals surface area contributed by atoms with Crippen molar-refractivity contribution in [1.29, 1.82) is 0 Å². The molecule has 162 valence electrons. The van der Waals surface area contributed by atoms with Gasteiger partial charge in [-0.2, -0.15) is 0 Å². The maximum absolute atomic E-state index is 12.8. The molecular weight excluding hydrogens is 415 g/mol. The molecule has 3 rings (SSSR count). The Hall–Kier alpha value is -1.55. The van der Waals surface area contributed by atoms with E-state index < -0.39 is 0 Å². The lowest BCUT2D eigenvalue weighted by atomic mass is 9.86. The van der Waals surface area contributed by atoms with E-state index in [1.165, 1.54) is 5.56 Å². The highest BCUT2D eigenvalue weighted by Crippen LogP contribution is 2.28. The van der Waals surface area contributed by atoms with Crippen LogP contribution in [0, 0.1) is 5.92 Å². The van der Waals surface area contributed by atoms with Crippen LogP contribution < -0.4 is 5.32 Å². The van der Waals surface area contributed by atoms with E-state index in [4.69, 9.17) is 23.2 Å². The second kappa shape index (κ2) is 9.72. The van der Waals surface area contributed by atoms with Crippen LogP contribution in [-0.2, 0) is 16.8 Å². The number of piperidine rings is 1. The first-order valence-electron chi connectivity index (χ1n) is 10.7. The van der Waals surface area contributed by atoms with Crippen molar-refractivity contribution in [3.8, 4) is 0 Å². The lowest BCUT2D eigenvalue weighted by Crippen LogP contribution is -2.41. The third-order valence-electron chi connectivity index (χ3n) is 6.04. The van der Waals surface area contributed by atoms with Crippen LogP contribution in [0.2, 0.25) is 10.0 Å². The maximum Gasteiger partial charge on any atom is 0.223 e. The van der Waals surface area contributed by atoms with Gasteiger partial charge in [-0.1, -0.05) is 74.3 Å². The molecule has 3 nitrogen and oxygen atoms in total. The minimum Gasteiger partial charge on any atom is -0.349 e. The number of nitrogens with one attached hydrogen (secondary N) is 1. The Morgan fingerprint density at radius 2 is 1.63 bits per heavy atom. The first-order chi connectivity index (χ1) is 14.1. The summed E-state index contributed by atoms with van der Waals surface area (Å²) >= 11 is 12.6. The van der Waals surface area contributed by atoms with Crippen LogP contribution in [0.3, 0.4) is 0 Å². The monoisotopic (exact) mass is 446 g/mol. The number of benzene rings is 2. The minimum atomic E-state index is 0.00600. The number of halogens is 2. The summed E-state index contributed by atoms with van der Waals surface area (Å²) in [4.78, 5) is 15.1. The molecule has 0 bridgehead atoms. The van der Waals surface area contributed by atoms with Gasteiger partial charge in [0.1, 0.15) is 0 Å². The highest BCUT2D eigenvalue weighted by Gasteiger charge is 2.26. The molecule has 1 amide bonds. The van der Waals surface area contributed by atoms with Crippen LogP contribution in [0.25, 0.3) is 0 Å². The molecule has 1 aliphatic heterocycles. The quantitative estimate of drug-likeness (QED) is 0.577. The van der Waals surface area contributed by atoms with Crippen molar-refractivity contribution in [1.82, 2.24) is 10.2 Å². The van der Waals surface area contributed by atoms with Gasteiger partial charge in [0.15, 0.2) is 0 Å². The molecule has 30 heavy (non-hydrogen) atoms. The summed E-state index contributed by atoms with van der Waals surface area (Å²) in [7, 11) is 0. The van der Waals surface area contributed by atoms with Gasteiger partial charge < -0.3 is 5.32 Å². The highest BCUT2D eigenvalue weighted by molar-refractivity contribution is 6.35. The molecule has 1 heterocycles. The zero-order chi connectivity index (χ0) is 21.9. The van der Waals surface area contributed by atoms with Gasteiger partial charge in [-0.25, -0.2) is 0 Å². The molecule has 2 aromatic rings. The van der Waals surface area contributed by atoms with E-state index in [-0.39, 0.29) is 23.3 Å². The minimum absolute atomic E-state index is 0.00600. The van der Waals surface area contributed by atoms with Gasteiger partial charge in [0, 0.05) is 28.1 Å². The van der Waals surface area contributed by atoms with Gasteiger partial charge in [-0.05, 0) is 61.5 Å². The molecule has 1 saturated heterocycles. The Morgan fingerprint density at radius 3 is 2.17 bits per heavy atom. The van der Waals surface area contributed by atoms with Crippen molar-refractivity contribution in [2.24, 2.45) is 5.92 Å². The molecule has 2 aromatic carbocycles. The average Bonchev–Trinajstić information content (AvgIpc) is 2.70. The van der Waals surface area contributed by atoms with Crippen molar-refractivity contribution in [3.63, 3.8) is 0 Å². The van der Waals surface area contributed by atoms with Gasteiger partial charge in [0.05, 0.1) is 6.04 Å². The zero-order valence-corrected chi connectivity index (χ0v) is 19.9. The molecule has 0 unspecified atom stereocenters. The smallest absolute Gasteiger partial charge is 0.223 e. The molecule has 0 aliphatic carbocycles. The summed E-state index contributed by atoms with van der Waals surface area (Å²) in [6.07, 6.45) is 1.70. The number of rotatable bonds is 5. The first-order valence-corrected chi connectivity index (χ1v) is 11.5. The van der Waals surface area contributed by atoms with Crippen LogP contribution in [0.5, 0.6) is 0 Å². The predicted octanol–water partition coefficient (Wildman–Crippen LogP) is 6.38. The van der Waals surface area contributed by atoms with E-state index in [1.54, 1.807) is 0 Å². The molecule has 0 radical (unpaired) electrons. The van der Waals surface area contributed by atoms with Gasteiger partial charge in [0.25, 0.3) is 0 Å². The number of carbonyl (C=O) groups excluding carboxylic acids is 1. The summed E-state index contributed by atoms with van der Waals surface area (Å²) in [5.41, 5.74) is 3.54. The van der Waals surface area contributed by atoms with Gasteiger partial charge in [0.2, 0.25) is 5.91 Å². The zero-order valence-electron chi connectivity index (χ0n) is 18.3. The Kier molecular flexibility index (Phi) is 7.49. The summed E-state index contributed by atoms with van der Waals surface area (Å²) in [6, 6.07) is 14.2. The summed E-state index contributed by atoms with van der Waals surface area (Å²) in [5, 5.41) is 4.61. The van der Waals surface area contributed by atoms with Crippen molar-refractivity contribution in [2.45, 2.75) is 58.5 Å². The van der Waals surface area contributed by atoms with Gasteiger partial charge in [-0.15, -0.1) is 0 Å². The van der Waals surface area contributed by atoms with E-state index in [0.29, 0.717) is 10.0 Å². The fourth-order valence-corrected chi connectivity index (χ4v) is 4.46. The standard InChI is InChI=1S/C25H32Cl2N2O/c1-17(18-8-10-20(11-9-18)25(2,3)4)28-24(30)19-12-14-29(15-13-19)16-21-22(26)6-5-7-23(21)27/h5-11,17,19H,12-16H2,1-4H3,(H,28,30)/t17-/m0/s1. The molecule has 0 saturated carbocycles. The Labute approximate surface area is 190 Å². The predicted molar refractivity (Wildman–Crippen MR) is 126 cm³/mol. The van der Waals surface area contributed by atoms with Crippen molar-refractivity contribution in [3.05, 3.63) is 69.2 Å². The van der Waals surface area contributed by atoms with Crippen molar-refractivity contribution in [2.75, 3.05) is 13.1 Å². The third kappa shape index (κ3) is 5.78. The van der Waals surface area contributed by atoms with Crippen LogP contribution in [0.15, 0.2) is 42.5 Å². The first kappa shape index (κ1) is 23.1. The average molecular weight is 447 g/mol. The van der Waals surface area contributed by atoms with Crippen molar-refractivity contribution < 1.29 is 4.79 Å². The number of hydrogen-bond acceptors (Lipinski definition) is 2. The number of nitrogens with zero attached hydrogens (tertiary/aromatic N) is 1. The second-order valence-electron chi connectivity index (χ2n) is 9.35. The van der Waals surface area contributed by atoms with Gasteiger partial charge >= 0.3 is 0 Å². The van der Waals surface area contributed by atoms with Crippen LogP contribution >= 0.6 is 23.2 Å². The largest absolute Gasteiger partial charge is 0.349 e. The fourth-order valence-electron chi connectivity index (χ4n) is 3.95. The van der Waals surface area contributed by atoms with E-state index in [1.807, 2.05) is 18.2 Å². The van der Waals surface area contributed by atoms with Crippen LogP contribution in [-0.4, -0.2) is 23.9 Å². The van der Waals surface area contributed by atoms with Crippen LogP contribution in [0.1, 0.15) is 63.3 Å². The summed E-state index contributed by atoms with van der Waals surface area (Å²) in [6.45, 7) is 11.1. The van der Waals surface area contributed by atoms with Crippen molar-refractivity contribution >= 4 is 29.1 Å². The molecule has 1 N–H and O–H groups in total. The normalized spacial score (nSPS) is 17.0. The number of likely N-dealkylation sites (tertiary alicyclic amines) is 1. The maximum atomic E-state index is 12.8. The molecular formula is C25H32Cl2N2O. The molecule has 1 aliphatic rings. The van der Waals surface area contributed by atoms with E-state index >= 15 is 0 Å². The molecule has 0 aromatic heterocycles. The number of carbonyl (C=O) groups is 1. The van der Waals surface area contributed by atoms with E-state index in [2.05, 4.69) is 62.2 Å². The topological polar surface area (TPSA) is 32.3 Å². The Morgan fingerprint density at radius 1 is 1.07 bits per heavy atom. The SMILES string of the molecule is C[C@H](NC(=O)C1CCN(Cc2c(Cl)cccc2Cl)CC1)c1ccc(C(C)(C)C)cc1. The molecule has 0 spiro atoms. The molecule has 1 atom stereocenters. The van der Waals surface area contributed by atoms with E-state index in [0.717, 1.165) is 43.6 Å². The Balaban J connectivity index is 1.51. The molecule has 1 fully saturated rings. The summed E-state index contributed by atoms with van der Waals surface area (Å²) < 4.78 is 0. The lowest BCUT2D eigenvalue weighted by molar-refractivity contribution is -0.127. The van der Waals surface area contributed by atoms with Crippen LogP contribution in [0.4, 0.5) is 0 Å². The fraction of sp³-hybridized carbons (Fsp3) is 0.480. The molecule has 5 heteroatoms. The number of amides is 1. The lowest BCUT2D eigenvalue weighted by Gasteiger charge is -2.32.